The third-order valence-electron chi connectivity index (χ3n) is 5.40. The maximum absolute atomic E-state index is 13.9. The number of hydrogen-bond acceptors (Lipinski definition) is 5. The first-order valence-electron chi connectivity index (χ1n) is 8.43. The van der Waals surface area contributed by atoms with Gasteiger partial charge in [0.05, 0.1) is 23.4 Å². The van der Waals surface area contributed by atoms with Gasteiger partial charge in [-0.2, -0.15) is 15.8 Å². The predicted molar refractivity (Wildman–Crippen MR) is 93.3 cm³/mol. The summed E-state index contributed by atoms with van der Waals surface area (Å²) in [6.07, 6.45) is 1.94. The maximum atomic E-state index is 13.9. The highest BCUT2D eigenvalue weighted by molar-refractivity contribution is 5.59. The molecule has 26 heavy (non-hydrogen) atoms. The lowest BCUT2D eigenvalue weighted by molar-refractivity contribution is 0.214. The molecule has 0 aromatic heterocycles. The Labute approximate surface area is 152 Å². The molecule has 6 heteroatoms. The van der Waals surface area contributed by atoms with Crippen molar-refractivity contribution in [1.29, 1.82) is 15.8 Å². The van der Waals surface area contributed by atoms with Gasteiger partial charge in [-0.15, -0.1) is 0 Å². The van der Waals surface area contributed by atoms with Gasteiger partial charge in [0.25, 0.3) is 0 Å². The fourth-order valence-corrected chi connectivity index (χ4v) is 4.07. The van der Waals surface area contributed by atoms with Crippen LogP contribution in [-0.2, 0) is 0 Å². The van der Waals surface area contributed by atoms with Crippen molar-refractivity contribution in [3.05, 3.63) is 58.6 Å². The molecule has 1 aromatic carbocycles. The van der Waals surface area contributed by atoms with E-state index in [1.807, 2.05) is 13.0 Å². The van der Waals surface area contributed by atoms with Crippen LogP contribution >= 0.6 is 0 Å². The van der Waals surface area contributed by atoms with E-state index in [4.69, 9.17) is 5.73 Å². The lowest BCUT2D eigenvalue weighted by Crippen LogP contribution is -2.48. The smallest absolute Gasteiger partial charge is 0.191 e. The topological polar surface area (TPSA) is 101 Å². The molecule has 0 saturated carbocycles. The molecule has 0 saturated heterocycles. The molecule has 5 nitrogen and oxygen atoms in total. The molecular weight excluding hydrogens is 329 g/mol. The SMILES string of the molecule is CCN1CC=C2C(C#N)=C(N)C(C#N)(C#N)C(c3cccc(F)c3)C2C1. The number of nitrogens with zero attached hydrogens (tertiary/aromatic N) is 4. The Morgan fingerprint density at radius 2 is 2.04 bits per heavy atom. The average molecular weight is 347 g/mol. The molecule has 2 unspecified atom stereocenters. The van der Waals surface area contributed by atoms with Crippen molar-refractivity contribution in [2.24, 2.45) is 17.1 Å². The molecule has 0 bridgehead atoms. The average Bonchev–Trinajstić information content (AvgIpc) is 2.66. The Balaban J connectivity index is 2.32. The van der Waals surface area contributed by atoms with Crippen LogP contribution < -0.4 is 5.73 Å². The molecule has 0 radical (unpaired) electrons. The van der Waals surface area contributed by atoms with E-state index >= 15 is 0 Å². The third kappa shape index (κ3) is 2.46. The van der Waals surface area contributed by atoms with Crippen LogP contribution in [-0.4, -0.2) is 24.5 Å². The minimum absolute atomic E-state index is 0.0355. The summed E-state index contributed by atoms with van der Waals surface area (Å²) in [6, 6.07) is 12.1. The van der Waals surface area contributed by atoms with E-state index in [2.05, 4.69) is 23.1 Å². The van der Waals surface area contributed by atoms with Gasteiger partial charge in [0.15, 0.2) is 5.41 Å². The van der Waals surface area contributed by atoms with Gasteiger partial charge in [-0.3, -0.25) is 4.90 Å². The lowest BCUT2D eigenvalue weighted by Gasteiger charge is -2.45. The summed E-state index contributed by atoms with van der Waals surface area (Å²) < 4.78 is 13.9. The zero-order valence-corrected chi connectivity index (χ0v) is 14.4. The van der Waals surface area contributed by atoms with Crippen LogP contribution in [0.3, 0.4) is 0 Å². The zero-order valence-electron chi connectivity index (χ0n) is 14.4. The Bertz CT molecular complexity index is 911. The predicted octanol–water partition coefficient (Wildman–Crippen LogP) is 2.57. The van der Waals surface area contributed by atoms with Gasteiger partial charge in [-0.25, -0.2) is 4.39 Å². The molecule has 1 aliphatic heterocycles. The van der Waals surface area contributed by atoms with Crippen molar-refractivity contribution >= 4 is 0 Å². The molecule has 2 N–H and O–H groups in total. The molecule has 0 fully saturated rings. The fourth-order valence-electron chi connectivity index (χ4n) is 4.07. The number of likely N-dealkylation sites (N-methyl/N-ethyl adjacent to an activating group) is 1. The first-order valence-corrected chi connectivity index (χ1v) is 8.43. The van der Waals surface area contributed by atoms with Gasteiger partial charge in [0.2, 0.25) is 0 Å². The van der Waals surface area contributed by atoms with Crippen LogP contribution in [0.4, 0.5) is 4.39 Å². The molecule has 0 spiro atoms. The highest BCUT2D eigenvalue weighted by atomic mass is 19.1. The molecule has 2 atom stereocenters. The Morgan fingerprint density at radius 3 is 2.62 bits per heavy atom. The van der Waals surface area contributed by atoms with Gasteiger partial charge in [-0.05, 0) is 29.8 Å². The third-order valence-corrected chi connectivity index (χ3v) is 5.40. The number of nitrogens with two attached hydrogens (primary N) is 1. The highest BCUT2D eigenvalue weighted by Gasteiger charge is 2.54. The fraction of sp³-hybridized carbons (Fsp3) is 0.350. The molecule has 1 aromatic rings. The van der Waals surface area contributed by atoms with E-state index < -0.39 is 17.2 Å². The molecule has 1 heterocycles. The highest BCUT2D eigenvalue weighted by Crippen LogP contribution is 2.54. The normalized spacial score (nSPS) is 24.7. The number of nitriles is 3. The number of hydrogen-bond donors (Lipinski definition) is 1. The van der Waals surface area contributed by atoms with Gasteiger partial charge < -0.3 is 5.73 Å². The zero-order chi connectivity index (χ0) is 18.9. The second-order valence-electron chi connectivity index (χ2n) is 6.58. The summed E-state index contributed by atoms with van der Waals surface area (Å²) in [5, 5.41) is 29.5. The summed E-state index contributed by atoms with van der Waals surface area (Å²) in [7, 11) is 0. The largest absolute Gasteiger partial charge is 0.399 e. The molecule has 1 aliphatic carbocycles. The summed E-state index contributed by atoms with van der Waals surface area (Å²) >= 11 is 0. The number of allylic oxidation sites excluding steroid dienone is 2. The van der Waals surface area contributed by atoms with Crippen LogP contribution in [0.1, 0.15) is 18.4 Å². The molecular formula is C20H18FN5. The van der Waals surface area contributed by atoms with Crippen LogP contribution in [0, 0.1) is 51.1 Å². The Morgan fingerprint density at radius 1 is 1.31 bits per heavy atom. The molecule has 3 rings (SSSR count). The maximum Gasteiger partial charge on any atom is 0.191 e. The quantitative estimate of drug-likeness (QED) is 0.886. The van der Waals surface area contributed by atoms with E-state index in [0.29, 0.717) is 18.7 Å². The van der Waals surface area contributed by atoms with E-state index in [-0.39, 0.29) is 17.2 Å². The van der Waals surface area contributed by atoms with E-state index in [9.17, 15) is 20.2 Å². The Hall–Kier alpha value is -3.14. The van der Waals surface area contributed by atoms with Gasteiger partial charge in [-0.1, -0.05) is 25.1 Å². The monoisotopic (exact) mass is 347 g/mol. The van der Waals surface area contributed by atoms with E-state index in [0.717, 1.165) is 12.1 Å². The van der Waals surface area contributed by atoms with Gasteiger partial charge in [0.1, 0.15) is 11.9 Å². The minimum Gasteiger partial charge on any atom is -0.399 e. The summed E-state index contributed by atoms with van der Waals surface area (Å²) in [5.41, 5.74) is 5.96. The molecule has 0 amide bonds. The number of fused-ring (bicyclic) bond motifs is 1. The first kappa shape index (κ1) is 17.7. The minimum atomic E-state index is -1.71. The van der Waals surface area contributed by atoms with Crippen molar-refractivity contribution in [1.82, 2.24) is 4.90 Å². The van der Waals surface area contributed by atoms with Crippen molar-refractivity contribution < 1.29 is 4.39 Å². The van der Waals surface area contributed by atoms with Crippen LogP contribution in [0.15, 0.2) is 47.2 Å². The second kappa shape index (κ2) is 6.64. The Kier molecular flexibility index (Phi) is 4.51. The standard InChI is InChI=1S/C20H18FN5/c1-2-26-7-6-15-16(9-22)19(25)20(11-23,12-24)18(17(15)10-26)13-4-3-5-14(21)8-13/h3-6,8,17-18H,2,7,10,25H2,1H3. The van der Waals surface area contributed by atoms with Gasteiger partial charge >= 0.3 is 0 Å². The van der Waals surface area contributed by atoms with Crippen molar-refractivity contribution in [3.8, 4) is 18.2 Å². The number of benzene rings is 1. The van der Waals surface area contributed by atoms with E-state index in [1.54, 1.807) is 12.1 Å². The van der Waals surface area contributed by atoms with Crippen LogP contribution in [0.5, 0.6) is 0 Å². The van der Waals surface area contributed by atoms with Crippen molar-refractivity contribution in [3.63, 3.8) is 0 Å². The van der Waals surface area contributed by atoms with E-state index in [1.165, 1.54) is 12.1 Å². The summed E-state index contributed by atoms with van der Waals surface area (Å²) in [6.45, 7) is 4.06. The van der Waals surface area contributed by atoms with Gasteiger partial charge in [0, 0.05) is 24.9 Å². The van der Waals surface area contributed by atoms with Crippen LogP contribution in [0.2, 0.25) is 0 Å². The lowest BCUT2D eigenvalue weighted by atomic mass is 9.58. The summed E-state index contributed by atoms with van der Waals surface area (Å²) in [4.78, 5) is 2.16. The first-order chi connectivity index (χ1) is 12.5. The summed E-state index contributed by atoms with van der Waals surface area (Å²) in [5.74, 6) is -1.37. The molecule has 130 valence electrons. The number of rotatable bonds is 2. The van der Waals surface area contributed by atoms with Crippen LogP contribution in [0.25, 0.3) is 0 Å². The molecule has 2 aliphatic rings. The number of halogens is 1. The van der Waals surface area contributed by atoms with Crippen molar-refractivity contribution in [2.75, 3.05) is 19.6 Å². The van der Waals surface area contributed by atoms with Crippen molar-refractivity contribution in [2.45, 2.75) is 12.8 Å². The second-order valence-corrected chi connectivity index (χ2v) is 6.58.